The molecule has 176 valence electrons. The summed E-state index contributed by atoms with van der Waals surface area (Å²) < 4.78 is 51.4. The van der Waals surface area contributed by atoms with Gasteiger partial charge in [-0.3, -0.25) is 0 Å². The van der Waals surface area contributed by atoms with E-state index in [4.69, 9.17) is 4.74 Å². The lowest BCUT2D eigenvalue weighted by atomic mass is 9.92. The molecule has 11 heteroatoms. The Morgan fingerprint density at radius 3 is 2.64 bits per heavy atom. The van der Waals surface area contributed by atoms with Crippen LogP contribution in [0, 0.1) is 24.2 Å². The quantitative estimate of drug-likeness (QED) is 0.561. The van der Waals surface area contributed by atoms with E-state index in [2.05, 4.69) is 30.7 Å². The fourth-order valence-electron chi connectivity index (χ4n) is 5.22. The number of aryl methyl sites for hydroxylation is 1. The highest BCUT2D eigenvalue weighted by Crippen LogP contribution is 2.57. The lowest BCUT2D eigenvalue weighted by Gasteiger charge is -2.38. The van der Waals surface area contributed by atoms with Crippen molar-refractivity contribution >= 4 is 28.1 Å². The third-order valence-corrected chi connectivity index (χ3v) is 8.28. The Morgan fingerprint density at radius 2 is 2.00 bits per heavy atom. The molecule has 7 nitrogen and oxygen atoms in total. The van der Waals surface area contributed by atoms with Gasteiger partial charge in [0.25, 0.3) is 0 Å². The molecule has 1 unspecified atom stereocenters. The third kappa shape index (κ3) is 3.70. The topological polar surface area (TPSA) is 67.6 Å². The molecule has 2 saturated carbocycles. The zero-order valence-corrected chi connectivity index (χ0v) is 19.0. The molecule has 2 bridgehead atoms. The minimum atomic E-state index is -4.25. The molecule has 1 aliphatic heterocycles. The SMILES string of the molecule is Cc1cc(N2C[C@H]3CC[C@@H](C2)C3Nc2nc3c(OCC4(C(F)(F)F)CC4)cccn3n2)sn1. The second-order valence-electron chi connectivity index (χ2n) is 9.62. The first kappa shape index (κ1) is 21.0. The number of nitrogens with zero attached hydrogens (tertiary/aromatic N) is 5. The molecule has 0 amide bonds. The van der Waals surface area contributed by atoms with Crippen molar-refractivity contribution in [3.8, 4) is 5.75 Å². The number of piperidine rings is 1. The van der Waals surface area contributed by atoms with Crippen molar-refractivity contribution in [3.05, 3.63) is 30.1 Å². The Kier molecular flexibility index (Phi) is 4.76. The molecule has 3 aliphatic rings. The molecular weight excluding hydrogens is 453 g/mol. The molecule has 6 rings (SSSR count). The van der Waals surface area contributed by atoms with Crippen LogP contribution < -0.4 is 15.0 Å². The molecule has 0 spiro atoms. The summed E-state index contributed by atoms with van der Waals surface area (Å²) in [6, 6.07) is 5.79. The second-order valence-corrected chi connectivity index (χ2v) is 10.4. The van der Waals surface area contributed by atoms with Gasteiger partial charge in [-0.1, -0.05) is 0 Å². The summed E-state index contributed by atoms with van der Waals surface area (Å²) in [6.45, 7) is 3.57. The van der Waals surface area contributed by atoms with E-state index < -0.39 is 11.6 Å². The molecule has 0 aromatic carbocycles. The molecule has 2 aliphatic carbocycles. The van der Waals surface area contributed by atoms with Gasteiger partial charge in [0, 0.05) is 25.3 Å². The summed E-state index contributed by atoms with van der Waals surface area (Å²) in [4.78, 5) is 7.01. The number of alkyl halides is 3. The maximum Gasteiger partial charge on any atom is 0.397 e. The van der Waals surface area contributed by atoms with Crippen molar-refractivity contribution < 1.29 is 17.9 Å². The van der Waals surface area contributed by atoms with E-state index in [9.17, 15) is 13.2 Å². The van der Waals surface area contributed by atoms with E-state index in [0.717, 1.165) is 31.6 Å². The van der Waals surface area contributed by atoms with E-state index in [-0.39, 0.29) is 25.5 Å². The molecule has 3 aromatic heterocycles. The molecular formula is C22H25F3N6OS. The lowest BCUT2D eigenvalue weighted by Crippen LogP contribution is -2.48. The Balaban J connectivity index is 1.17. The summed E-state index contributed by atoms with van der Waals surface area (Å²) >= 11 is 1.55. The van der Waals surface area contributed by atoms with Crippen LogP contribution in [0.15, 0.2) is 24.4 Å². The number of nitrogens with one attached hydrogen (secondary N) is 1. The molecule has 33 heavy (non-hydrogen) atoms. The Hall–Kier alpha value is -2.56. The lowest BCUT2D eigenvalue weighted by molar-refractivity contribution is -0.194. The van der Waals surface area contributed by atoms with Gasteiger partial charge in [0.15, 0.2) is 11.4 Å². The highest BCUT2D eigenvalue weighted by molar-refractivity contribution is 7.10. The normalized spacial score (nSPS) is 26.1. The minimum absolute atomic E-state index is 0.113. The highest BCUT2D eigenvalue weighted by Gasteiger charge is 2.64. The van der Waals surface area contributed by atoms with Crippen LogP contribution in [-0.4, -0.2) is 50.9 Å². The molecule has 3 fully saturated rings. The standard InChI is InChI=1S/C22H25F3N6OS/c1-13-9-17(33-29-13)30-10-14-4-5-15(11-30)18(14)26-20-27-19-16(3-2-8-31(19)28-20)32-12-21(6-7-21)22(23,24)25/h2-3,8-9,14-15,18H,4-7,10-12H2,1H3,(H,26,28)/t14-,15+,18?. The summed E-state index contributed by atoms with van der Waals surface area (Å²) in [6.07, 6.45) is 0.0178. The van der Waals surface area contributed by atoms with Crippen LogP contribution in [0.1, 0.15) is 31.4 Å². The minimum Gasteiger partial charge on any atom is -0.489 e. The summed E-state index contributed by atoms with van der Waals surface area (Å²) in [5, 5.41) is 9.28. The molecule has 0 radical (unpaired) electrons. The monoisotopic (exact) mass is 478 g/mol. The van der Waals surface area contributed by atoms with Crippen LogP contribution >= 0.6 is 11.5 Å². The average molecular weight is 479 g/mol. The Morgan fingerprint density at radius 1 is 1.24 bits per heavy atom. The largest absolute Gasteiger partial charge is 0.489 e. The van der Waals surface area contributed by atoms with Gasteiger partial charge in [0.1, 0.15) is 17.0 Å². The molecule has 3 aromatic rings. The van der Waals surface area contributed by atoms with Crippen molar-refractivity contribution in [2.45, 2.75) is 44.8 Å². The predicted molar refractivity (Wildman–Crippen MR) is 119 cm³/mol. The van der Waals surface area contributed by atoms with Crippen molar-refractivity contribution in [2.75, 3.05) is 29.9 Å². The van der Waals surface area contributed by atoms with Crippen LogP contribution in [0.3, 0.4) is 0 Å². The summed E-state index contributed by atoms with van der Waals surface area (Å²) in [7, 11) is 0. The fourth-order valence-corrected chi connectivity index (χ4v) is 6.00. The number of ether oxygens (including phenoxy) is 1. The van der Waals surface area contributed by atoms with Gasteiger partial charge in [-0.15, -0.1) is 5.10 Å². The first-order chi connectivity index (χ1) is 15.8. The molecule has 3 atom stereocenters. The number of hydrogen-bond donors (Lipinski definition) is 1. The smallest absolute Gasteiger partial charge is 0.397 e. The van der Waals surface area contributed by atoms with Gasteiger partial charge in [-0.05, 0) is 74.2 Å². The Labute approximate surface area is 193 Å². The van der Waals surface area contributed by atoms with Gasteiger partial charge in [-0.25, -0.2) is 4.52 Å². The number of rotatable bonds is 6. The number of anilines is 2. The fraction of sp³-hybridized carbons (Fsp3) is 0.591. The van der Waals surface area contributed by atoms with E-state index >= 15 is 0 Å². The molecule has 1 N–H and O–H groups in total. The summed E-state index contributed by atoms with van der Waals surface area (Å²) in [5.74, 6) is 1.78. The maximum absolute atomic E-state index is 13.3. The predicted octanol–water partition coefficient (Wildman–Crippen LogP) is 4.54. The van der Waals surface area contributed by atoms with E-state index in [1.54, 1.807) is 34.4 Å². The number of aromatic nitrogens is 4. The number of fused-ring (bicyclic) bond motifs is 3. The zero-order chi connectivity index (χ0) is 22.8. The van der Waals surface area contributed by atoms with E-state index in [1.165, 1.54) is 5.00 Å². The maximum atomic E-state index is 13.3. The van der Waals surface area contributed by atoms with Crippen molar-refractivity contribution in [1.82, 2.24) is 19.0 Å². The van der Waals surface area contributed by atoms with Gasteiger partial charge in [-0.2, -0.15) is 22.5 Å². The van der Waals surface area contributed by atoms with Crippen LogP contribution in [0.25, 0.3) is 5.65 Å². The zero-order valence-electron chi connectivity index (χ0n) is 18.2. The van der Waals surface area contributed by atoms with E-state index in [1.807, 2.05) is 6.92 Å². The van der Waals surface area contributed by atoms with Crippen LogP contribution in [0.5, 0.6) is 5.75 Å². The van der Waals surface area contributed by atoms with Gasteiger partial charge in [0.05, 0.1) is 5.69 Å². The second kappa shape index (κ2) is 7.48. The van der Waals surface area contributed by atoms with Crippen LogP contribution in [0.4, 0.5) is 24.1 Å². The summed E-state index contributed by atoms with van der Waals surface area (Å²) in [5.41, 5.74) is -0.231. The number of pyridine rings is 1. The molecule has 4 heterocycles. The van der Waals surface area contributed by atoms with Crippen LogP contribution in [0.2, 0.25) is 0 Å². The third-order valence-electron chi connectivity index (χ3n) is 7.34. The van der Waals surface area contributed by atoms with Gasteiger partial charge < -0.3 is 15.0 Å². The average Bonchev–Trinajstić information content (AvgIpc) is 3.20. The first-order valence-electron chi connectivity index (χ1n) is 11.3. The highest BCUT2D eigenvalue weighted by atomic mass is 32.1. The number of hydrogen-bond acceptors (Lipinski definition) is 7. The Bertz CT molecular complexity index is 1160. The van der Waals surface area contributed by atoms with Crippen molar-refractivity contribution in [1.29, 1.82) is 0 Å². The van der Waals surface area contributed by atoms with Crippen molar-refractivity contribution in [2.24, 2.45) is 17.3 Å². The van der Waals surface area contributed by atoms with Gasteiger partial charge >= 0.3 is 6.18 Å². The van der Waals surface area contributed by atoms with Crippen molar-refractivity contribution in [3.63, 3.8) is 0 Å². The van der Waals surface area contributed by atoms with Gasteiger partial charge in [0.2, 0.25) is 5.95 Å². The number of halogens is 3. The first-order valence-corrected chi connectivity index (χ1v) is 12.1. The molecule has 1 saturated heterocycles. The van der Waals surface area contributed by atoms with E-state index in [0.29, 0.717) is 29.2 Å². The van der Waals surface area contributed by atoms with Crippen LogP contribution in [-0.2, 0) is 0 Å².